The summed E-state index contributed by atoms with van der Waals surface area (Å²) in [6.45, 7) is 1.19. The molecule has 0 aromatic heterocycles. The van der Waals surface area contributed by atoms with Gasteiger partial charge in [0, 0.05) is 5.02 Å². The summed E-state index contributed by atoms with van der Waals surface area (Å²) >= 11 is 11.9. The van der Waals surface area contributed by atoms with Crippen LogP contribution < -0.4 is 10.6 Å². The molecule has 1 saturated heterocycles. The number of benzene rings is 3. The minimum atomic E-state index is -1.26. The van der Waals surface area contributed by atoms with Crippen molar-refractivity contribution in [3.8, 4) is 0 Å². The molecule has 8 heteroatoms. The van der Waals surface area contributed by atoms with Gasteiger partial charge in [-0.15, -0.1) is 0 Å². The second-order valence-corrected chi connectivity index (χ2v) is 8.02. The molecule has 0 saturated carbocycles. The highest BCUT2D eigenvalue weighted by Gasteiger charge is 2.49. The van der Waals surface area contributed by atoms with E-state index in [0.29, 0.717) is 16.3 Å². The average Bonchev–Trinajstić information content (AvgIpc) is 2.94. The number of amides is 4. The van der Waals surface area contributed by atoms with Gasteiger partial charge in [-0.05, 0) is 47.5 Å². The van der Waals surface area contributed by atoms with Crippen molar-refractivity contribution in [1.29, 1.82) is 0 Å². The number of urea groups is 1. The van der Waals surface area contributed by atoms with Gasteiger partial charge < -0.3 is 10.6 Å². The molecule has 1 aliphatic rings. The fourth-order valence-corrected chi connectivity index (χ4v) is 3.92. The van der Waals surface area contributed by atoms with Crippen LogP contribution in [0, 0.1) is 0 Å². The van der Waals surface area contributed by atoms with Crippen LogP contribution >= 0.6 is 23.2 Å². The lowest BCUT2D eigenvalue weighted by Crippen LogP contribution is -2.42. The van der Waals surface area contributed by atoms with E-state index < -0.39 is 29.9 Å². The van der Waals surface area contributed by atoms with Crippen molar-refractivity contribution in [2.45, 2.75) is 12.5 Å². The van der Waals surface area contributed by atoms with Gasteiger partial charge in [-0.25, -0.2) is 4.79 Å². The molecule has 1 heterocycles. The Morgan fingerprint density at radius 2 is 1.77 bits per heavy atom. The number of carbonyl (C=O) groups is 3. The number of fused-ring (bicyclic) bond motifs is 1. The maximum atomic E-state index is 13.1. The summed E-state index contributed by atoms with van der Waals surface area (Å²) in [6.07, 6.45) is 0. The number of carbonyl (C=O) groups excluding carboxylic acids is 3. The number of rotatable bonds is 4. The molecule has 3 aromatic rings. The first-order chi connectivity index (χ1) is 14.3. The van der Waals surface area contributed by atoms with Crippen LogP contribution in [0.2, 0.25) is 10.0 Å². The molecule has 0 bridgehead atoms. The maximum absolute atomic E-state index is 13.1. The molecular formula is C22H17Cl2N3O3. The highest BCUT2D eigenvalue weighted by atomic mass is 35.5. The second kappa shape index (κ2) is 7.63. The Morgan fingerprint density at radius 1 is 1.03 bits per heavy atom. The van der Waals surface area contributed by atoms with Crippen molar-refractivity contribution >= 4 is 57.5 Å². The van der Waals surface area contributed by atoms with E-state index >= 15 is 0 Å². The van der Waals surface area contributed by atoms with E-state index in [-0.39, 0.29) is 5.02 Å². The topological polar surface area (TPSA) is 78.5 Å². The third-order valence-electron chi connectivity index (χ3n) is 5.11. The number of nitrogens with one attached hydrogen (secondary N) is 2. The first kappa shape index (κ1) is 20.2. The lowest BCUT2D eigenvalue weighted by molar-refractivity contribution is -0.133. The normalized spacial score (nSPS) is 18.6. The van der Waals surface area contributed by atoms with E-state index in [1.54, 1.807) is 25.1 Å². The van der Waals surface area contributed by atoms with Gasteiger partial charge in [0.05, 0.1) is 10.7 Å². The first-order valence-electron chi connectivity index (χ1n) is 9.16. The second-order valence-electron chi connectivity index (χ2n) is 7.18. The molecule has 2 N–H and O–H groups in total. The van der Waals surface area contributed by atoms with Gasteiger partial charge in [0.25, 0.3) is 5.91 Å². The predicted molar refractivity (Wildman–Crippen MR) is 117 cm³/mol. The van der Waals surface area contributed by atoms with E-state index in [1.165, 1.54) is 6.07 Å². The molecule has 0 spiro atoms. The number of hydrogen-bond donors (Lipinski definition) is 2. The van der Waals surface area contributed by atoms with Gasteiger partial charge in [0.1, 0.15) is 12.1 Å². The largest absolute Gasteiger partial charge is 0.325 e. The Morgan fingerprint density at radius 3 is 2.50 bits per heavy atom. The van der Waals surface area contributed by atoms with E-state index in [9.17, 15) is 14.4 Å². The maximum Gasteiger partial charge on any atom is 0.325 e. The summed E-state index contributed by atoms with van der Waals surface area (Å²) in [6, 6.07) is 17.3. The standard InChI is InChI=1S/C22H17Cl2N3O3/c1-22(15-7-6-13-4-2-3-5-14(13)10-15)20(29)27(21(30)26-22)12-19(28)25-18-9-8-16(23)11-17(18)24/h2-11H,12H2,1H3,(H,25,28)(H,26,30). The summed E-state index contributed by atoms with van der Waals surface area (Å²) in [5.41, 5.74) is -0.280. The van der Waals surface area contributed by atoms with Crippen molar-refractivity contribution in [1.82, 2.24) is 10.2 Å². The summed E-state index contributed by atoms with van der Waals surface area (Å²) in [7, 11) is 0. The molecular weight excluding hydrogens is 425 g/mol. The van der Waals surface area contributed by atoms with Crippen LogP contribution in [0.1, 0.15) is 12.5 Å². The Balaban J connectivity index is 1.54. The summed E-state index contributed by atoms with van der Waals surface area (Å²) < 4.78 is 0. The highest BCUT2D eigenvalue weighted by Crippen LogP contribution is 2.31. The molecule has 30 heavy (non-hydrogen) atoms. The van der Waals surface area contributed by atoms with Gasteiger partial charge in [-0.3, -0.25) is 14.5 Å². The van der Waals surface area contributed by atoms with Crippen LogP contribution in [0.4, 0.5) is 10.5 Å². The Bertz CT molecular complexity index is 1200. The number of anilines is 1. The van der Waals surface area contributed by atoms with Gasteiger partial charge in [0.2, 0.25) is 5.91 Å². The molecule has 3 aromatic carbocycles. The molecule has 6 nitrogen and oxygen atoms in total. The fraction of sp³-hybridized carbons (Fsp3) is 0.136. The predicted octanol–water partition coefficient (Wildman–Crippen LogP) is 4.55. The smallest absolute Gasteiger partial charge is 0.323 e. The van der Waals surface area contributed by atoms with Crippen LogP contribution in [0.25, 0.3) is 10.8 Å². The molecule has 1 aliphatic heterocycles. The summed E-state index contributed by atoms with van der Waals surface area (Å²) in [5, 5.41) is 7.97. The van der Waals surface area contributed by atoms with Gasteiger partial charge in [0.15, 0.2) is 0 Å². The molecule has 1 unspecified atom stereocenters. The molecule has 0 aliphatic carbocycles. The zero-order valence-electron chi connectivity index (χ0n) is 15.9. The van der Waals surface area contributed by atoms with E-state index in [1.807, 2.05) is 36.4 Å². The highest BCUT2D eigenvalue weighted by molar-refractivity contribution is 6.36. The number of nitrogens with zero attached hydrogens (tertiary/aromatic N) is 1. The van der Waals surface area contributed by atoms with Crippen molar-refractivity contribution < 1.29 is 14.4 Å². The van der Waals surface area contributed by atoms with Crippen LogP contribution in [0.5, 0.6) is 0 Å². The quantitative estimate of drug-likeness (QED) is 0.582. The third kappa shape index (κ3) is 3.60. The molecule has 0 radical (unpaired) electrons. The lowest BCUT2D eigenvalue weighted by atomic mass is 9.90. The van der Waals surface area contributed by atoms with Gasteiger partial charge in [-0.2, -0.15) is 0 Å². The number of imide groups is 1. The van der Waals surface area contributed by atoms with E-state index in [2.05, 4.69) is 10.6 Å². The van der Waals surface area contributed by atoms with Crippen molar-refractivity contribution in [3.05, 3.63) is 76.3 Å². The third-order valence-corrected chi connectivity index (χ3v) is 5.66. The Labute approximate surface area is 182 Å². The molecule has 1 fully saturated rings. The minimum Gasteiger partial charge on any atom is -0.323 e. The zero-order chi connectivity index (χ0) is 21.5. The van der Waals surface area contributed by atoms with Crippen LogP contribution in [-0.4, -0.2) is 29.3 Å². The van der Waals surface area contributed by atoms with Gasteiger partial charge >= 0.3 is 6.03 Å². The molecule has 4 amide bonds. The van der Waals surface area contributed by atoms with Crippen LogP contribution in [0.15, 0.2) is 60.7 Å². The van der Waals surface area contributed by atoms with Crippen molar-refractivity contribution in [2.24, 2.45) is 0 Å². The minimum absolute atomic E-state index is 0.258. The Kier molecular flexibility index (Phi) is 5.13. The molecule has 1 atom stereocenters. The van der Waals surface area contributed by atoms with Crippen LogP contribution in [-0.2, 0) is 15.1 Å². The number of halogens is 2. The van der Waals surface area contributed by atoms with Crippen LogP contribution in [0.3, 0.4) is 0 Å². The van der Waals surface area contributed by atoms with E-state index in [4.69, 9.17) is 23.2 Å². The zero-order valence-corrected chi connectivity index (χ0v) is 17.4. The summed E-state index contributed by atoms with van der Waals surface area (Å²) in [5.74, 6) is -1.05. The van der Waals surface area contributed by atoms with E-state index in [0.717, 1.165) is 15.7 Å². The average molecular weight is 442 g/mol. The summed E-state index contributed by atoms with van der Waals surface area (Å²) in [4.78, 5) is 38.9. The number of hydrogen-bond acceptors (Lipinski definition) is 3. The first-order valence-corrected chi connectivity index (χ1v) is 9.92. The SMILES string of the molecule is CC1(c2ccc3ccccc3c2)NC(=O)N(CC(=O)Nc2ccc(Cl)cc2Cl)C1=O. The van der Waals surface area contributed by atoms with Crippen molar-refractivity contribution in [3.63, 3.8) is 0 Å². The lowest BCUT2D eigenvalue weighted by Gasteiger charge is -2.22. The Hall–Kier alpha value is -3.09. The molecule has 4 rings (SSSR count). The molecule has 152 valence electrons. The van der Waals surface area contributed by atoms with Gasteiger partial charge in [-0.1, -0.05) is 59.6 Å². The monoisotopic (exact) mass is 441 g/mol. The van der Waals surface area contributed by atoms with Crippen molar-refractivity contribution in [2.75, 3.05) is 11.9 Å². The fourth-order valence-electron chi connectivity index (χ4n) is 3.46.